The summed E-state index contributed by atoms with van der Waals surface area (Å²) in [5.74, 6) is 0.0690. The number of methoxy groups -OCH3 is 2. The molecule has 0 spiro atoms. The zero-order valence-electron chi connectivity index (χ0n) is 23.2. The van der Waals surface area contributed by atoms with E-state index in [1.54, 1.807) is 31.4 Å². The first-order valence-electron chi connectivity index (χ1n) is 13.8. The zero-order chi connectivity index (χ0) is 30.2. The number of hydrogen-bond donors (Lipinski definition) is 6. The Morgan fingerprint density at radius 1 is 1.00 bits per heavy atom. The number of fused-ring (bicyclic) bond motifs is 1. The third-order valence-electron chi connectivity index (χ3n) is 8.45. The van der Waals surface area contributed by atoms with Crippen LogP contribution in [-0.2, 0) is 33.2 Å². The van der Waals surface area contributed by atoms with Gasteiger partial charge < -0.3 is 63.8 Å². The smallest absolute Gasteiger partial charge is 0.187 e. The molecule has 1 aromatic carbocycles. The van der Waals surface area contributed by atoms with Gasteiger partial charge in [-0.3, -0.25) is 4.79 Å². The summed E-state index contributed by atoms with van der Waals surface area (Å²) in [6.07, 6.45) is -10.4. The number of carbonyl (C=O) groups excluding carboxylic acids is 1. The van der Waals surface area contributed by atoms with Crippen molar-refractivity contribution in [3.8, 4) is 5.75 Å². The normalized spacial score (nSPS) is 42.0. The van der Waals surface area contributed by atoms with Crippen LogP contribution in [0.2, 0.25) is 0 Å². The number of Topliss-reactive ketones (excluding diaryl/α,β-unsaturated/α-hetero) is 1. The molecule has 12 atom stereocenters. The van der Waals surface area contributed by atoms with Crippen molar-refractivity contribution in [2.24, 2.45) is 5.92 Å². The lowest BCUT2D eigenvalue weighted by Gasteiger charge is -2.46. The lowest BCUT2D eigenvalue weighted by Crippen LogP contribution is -2.62. The van der Waals surface area contributed by atoms with E-state index in [-0.39, 0.29) is 12.4 Å². The number of aliphatic hydroxyl groups excluding tert-OH is 5. The molecule has 0 aromatic heterocycles. The van der Waals surface area contributed by atoms with Crippen LogP contribution in [0.25, 0.3) is 5.57 Å². The van der Waals surface area contributed by atoms with Crippen molar-refractivity contribution in [2.45, 2.75) is 79.9 Å². The highest BCUT2D eigenvalue weighted by Crippen LogP contribution is 2.40. The average molecular weight is 599 g/mol. The van der Waals surface area contributed by atoms with Crippen molar-refractivity contribution < 1.29 is 68.6 Å². The molecule has 1 aliphatic carbocycles. The summed E-state index contributed by atoms with van der Waals surface area (Å²) in [5, 5.41) is 61.3. The molecule has 1 saturated carbocycles. The standard InChI is InChI=1S/C28H38O14/c1-36-14-5-3-13(4-6-14)16-9-38-23-15(19(16)30)7-8-17(24(23)37-2)41-26-22(33)21(32)20(31)18(42-26)10-39-27-25(34)28(35,11-29)12-40-27/h3-6,9,15,17-18,20-27,29,31-35H,7-8,10-12H2,1-2H3/t15?,17?,18-,20-,21+,22-,23?,24?,25+,26-,27-,28-/m1/s1. The van der Waals surface area contributed by atoms with Gasteiger partial charge in [-0.1, -0.05) is 12.1 Å². The fourth-order valence-corrected chi connectivity index (χ4v) is 5.85. The van der Waals surface area contributed by atoms with Crippen LogP contribution in [-0.4, -0.2) is 137 Å². The second-order valence-electron chi connectivity index (χ2n) is 11.0. The Bertz CT molecular complexity index is 1110. The van der Waals surface area contributed by atoms with Crippen LogP contribution >= 0.6 is 0 Å². The number of aliphatic hydroxyl groups is 6. The van der Waals surface area contributed by atoms with Gasteiger partial charge >= 0.3 is 0 Å². The van der Waals surface area contributed by atoms with E-state index < -0.39 is 86.1 Å². The van der Waals surface area contributed by atoms with E-state index in [1.807, 2.05) is 0 Å². The molecule has 42 heavy (non-hydrogen) atoms. The Morgan fingerprint density at radius 2 is 1.74 bits per heavy atom. The summed E-state index contributed by atoms with van der Waals surface area (Å²) in [4.78, 5) is 13.4. The van der Waals surface area contributed by atoms with Crippen LogP contribution in [0.15, 0.2) is 30.5 Å². The second kappa shape index (κ2) is 12.8. The van der Waals surface area contributed by atoms with Crippen LogP contribution < -0.4 is 4.74 Å². The molecule has 14 nitrogen and oxygen atoms in total. The highest BCUT2D eigenvalue weighted by molar-refractivity contribution is 6.22. The Kier molecular flexibility index (Phi) is 9.51. The molecule has 6 N–H and O–H groups in total. The number of ether oxygens (including phenoxy) is 7. The van der Waals surface area contributed by atoms with Gasteiger partial charge in [0.05, 0.1) is 50.8 Å². The SMILES string of the molecule is COc1ccc(C2=COC3C(CCC(O[C@@H]4O[C@H](CO[C@@H]5OC[C@](O)(CO)[C@H]5O)[C@@H](O)[C@H](O)[C@H]4O)C3OC)C2=O)cc1. The summed E-state index contributed by atoms with van der Waals surface area (Å²) in [7, 11) is 3.01. The molecule has 4 unspecified atom stereocenters. The summed E-state index contributed by atoms with van der Waals surface area (Å²) >= 11 is 0. The van der Waals surface area contributed by atoms with Crippen LogP contribution in [0.5, 0.6) is 5.75 Å². The maximum absolute atomic E-state index is 13.4. The Balaban J connectivity index is 1.24. The Morgan fingerprint density at radius 3 is 2.38 bits per heavy atom. The number of allylic oxidation sites excluding steroid dienone is 1. The lowest BCUT2D eigenvalue weighted by atomic mass is 9.76. The minimum atomic E-state index is -1.90. The molecule has 0 amide bonds. The van der Waals surface area contributed by atoms with E-state index in [4.69, 9.17) is 33.2 Å². The largest absolute Gasteiger partial charge is 0.497 e. The average Bonchev–Trinajstić information content (AvgIpc) is 3.30. The maximum atomic E-state index is 13.4. The van der Waals surface area contributed by atoms with Crippen LogP contribution in [0.4, 0.5) is 0 Å². The summed E-state index contributed by atoms with van der Waals surface area (Å²) in [6.45, 7) is -1.54. The zero-order valence-corrected chi connectivity index (χ0v) is 23.2. The van der Waals surface area contributed by atoms with E-state index in [2.05, 4.69) is 0 Å². The fourth-order valence-electron chi connectivity index (χ4n) is 5.85. The first-order valence-corrected chi connectivity index (χ1v) is 13.8. The number of rotatable bonds is 9. The van der Waals surface area contributed by atoms with E-state index in [1.165, 1.54) is 13.4 Å². The fraction of sp³-hybridized carbons (Fsp3) is 0.679. The first kappa shape index (κ1) is 31.2. The van der Waals surface area contributed by atoms with Crippen molar-refractivity contribution in [1.82, 2.24) is 0 Å². The van der Waals surface area contributed by atoms with Gasteiger partial charge in [-0.15, -0.1) is 0 Å². The molecule has 1 aromatic rings. The molecule has 5 rings (SSSR count). The molecule has 4 aliphatic rings. The third kappa shape index (κ3) is 5.81. The molecular formula is C28H38O14. The van der Waals surface area contributed by atoms with Crippen molar-refractivity contribution in [2.75, 3.05) is 34.0 Å². The number of ketones is 1. The second-order valence-corrected chi connectivity index (χ2v) is 11.0. The van der Waals surface area contributed by atoms with Gasteiger partial charge in [-0.2, -0.15) is 0 Å². The monoisotopic (exact) mass is 598 g/mol. The minimum absolute atomic E-state index is 0.0916. The third-order valence-corrected chi connectivity index (χ3v) is 8.45. The van der Waals surface area contributed by atoms with E-state index >= 15 is 0 Å². The van der Waals surface area contributed by atoms with E-state index in [0.29, 0.717) is 29.7 Å². The van der Waals surface area contributed by atoms with Gasteiger partial charge in [0, 0.05) is 7.11 Å². The Labute approximate surface area is 241 Å². The molecule has 14 heteroatoms. The number of carbonyl (C=O) groups is 1. The van der Waals surface area contributed by atoms with Crippen LogP contribution in [0, 0.1) is 5.92 Å². The molecule has 3 heterocycles. The summed E-state index contributed by atoms with van der Waals surface area (Å²) < 4.78 is 39.4. The highest BCUT2D eigenvalue weighted by atomic mass is 16.7. The van der Waals surface area contributed by atoms with Crippen molar-refractivity contribution in [3.63, 3.8) is 0 Å². The maximum Gasteiger partial charge on any atom is 0.187 e. The minimum Gasteiger partial charge on any atom is -0.497 e. The Hall–Kier alpha value is -2.21. The van der Waals surface area contributed by atoms with Gasteiger partial charge in [0.15, 0.2) is 18.4 Å². The number of hydrogen-bond acceptors (Lipinski definition) is 14. The lowest BCUT2D eigenvalue weighted by molar-refractivity contribution is -0.329. The van der Waals surface area contributed by atoms with Gasteiger partial charge in [0.2, 0.25) is 0 Å². The highest BCUT2D eigenvalue weighted by Gasteiger charge is 2.52. The van der Waals surface area contributed by atoms with E-state index in [0.717, 1.165) is 0 Å². The molecule has 3 fully saturated rings. The molecule has 0 radical (unpaired) electrons. The molecule has 0 bridgehead atoms. The van der Waals surface area contributed by atoms with Crippen molar-refractivity contribution in [1.29, 1.82) is 0 Å². The molecular weight excluding hydrogens is 560 g/mol. The molecule has 234 valence electrons. The van der Waals surface area contributed by atoms with Gasteiger partial charge in [-0.25, -0.2) is 0 Å². The van der Waals surface area contributed by atoms with Gasteiger partial charge in [0.1, 0.15) is 54.1 Å². The number of benzene rings is 1. The first-order chi connectivity index (χ1) is 20.1. The van der Waals surface area contributed by atoms with E-state index in [9.17, 15) is 35.4 Å². The summed E-state index contributed by atoms with van der Waals surface area (Å²) in [6, 6.07) is 7.08. The quantitative estimate of drug-likeness (QED) is 0.184. The van der Waals surface area contributed by atoms with Crippen molar-refractivity contribution >= 4 is 11.4 Å². The van der Waals surface area contributed by atoms with Crippen LogP contribution in [0.1, 0.15) is 18.4 Å². The summed E-state index contributed by atoms with van der Waals surface area (Å²) in [5.41, 5.74) is -0.769. The van der Waals surface area contributed by atoms with Gasteiger partial charge in [-0.05, 0) is 30.5 Å². The predicted molar refractivity (Wildman–Crippen MR) is 140 cm³/mol. The van der Waals surface area contributed by atoms with Crippen LogP contribution in [0.3, 0.4) is 0 Å². The predicted octanol–water partition coefficient (Wildman–Crippen LogP) is -1.92. The van der Waals surface area contributed by atoms with Gasteiger partial charge in [0.25, 0.3) is 0 Å². The molecule has 3 aliphatic heterocycles. The topological polar surface area (TPSA) is 203 Å². The molecule has 2 saturated heterocycles. The van der Waals surface area contributed by atoms with Crippen molar-refractivity contribution in [3.05, 3.63) is 36.1 Å².